The monoisotopic (exact) mass is 229 g/mol. The summed E-state index contributed by atoms with van der Waals surface area (Å²) in [6.45, 7) is 3.57. The van der Waals surface area contributed by atoms with Crippen molar-refractivity contribution in [3.63, 3.8) is 0 Å². The lowest BCUT2D eigenvalue weighted by molar-refractivity contribution is -0.137. The largest absolute Gasteiger partial charge is 0.416 e. The Hall–Kier alpha value is -1.29. The van der Waals surface area contributed by atoms with Gasteiger partial charge in [0.2, 0.25) is 0 Å². The van der Waals surface area contributed by atoms with Gasteiger partial charge in [0.25, 0.3) is 0 Å². The van der Waals surface area contributed by atoms with E-state index in [2.05, 4.69) is 6.58 Å². The molecule has 2 N–H and O–H groups in total. The Morgan fingerprint density at radius 3 is 2.25 bits per heavy atom. The van der Waals surface area contributed by atoms with E-state index >= 15 is 0 Å². The van der Waals surface area contributed by atoms with E-state index in [0.29, 0.717) is 6.42 Å². The molecule has 1 nitrogen and oxygen atoms in total. The van der Waals surface area contributed by atoms with Crippen molar-refractivity contribution in [3.8, 4) is 0 Å². The van der Waals surface area contributed by atoms with Gasteiger partial charge in [-0.2, -0.15) is 13.2 Å². The summed E-state index contributed by atoms with van der Waals surface area (Å²) < 4.78 is 36.8. The van der Waals surface area contributed by atoms with Crippen molar-refractivity contribution in [3.05, 3.63) is 48.0 Å². The molecule has 0 aliphatic heterocycles. The minimum absolute atomic E-state index is 0.236. The van der Waals surface area contributed by atoms with Gasteiger partial charge < -0.3 is 5.73 Å². The molecule has 0 bridgehead atoms. The first-order valence-electron chi connectivity index (χ1n) is 4.99. The number of alkyl halides is 3. The van der Waals surface area contributed by atoms with Crippen molar-refractivity contribution in [1.29, 1.82) is 0 Å². The van der Waals surface area contributed by atoms with Gasteiger partial charge in [0, 0.05) is 6.04 Å². The topological polar surface area (TPSA) is 26.0 Å². The standard InChI is InChI=1S/C12H14F3N/c1-2-3-4-11(16)9-5-7-10(8-6-9)12(13,14)15/h2,5-8,11H,1,3-4,16H2/t11-/m1/s1. The van der Waals surface area contributed by atoms with Crippen molar-refractivity contribution < 1.29 is 13.2 Å². The van der Waals surface area contributed by atoms with Crippen molar-refractivity contribution in [1.82, 2.24) is 0 Å². The Kier molecular flexibility index (Phi) is 4.12. The summed E-state index contributed by atoms with van der Waals surface area (Å²) in [7, 11) is 0. The molecule has 88 valence electrons. The molecule has 0 saturated carbocycles. The van der Waals surface area contributed by atoms with Crippen molar-refractivity contribution >= 4 is 0 Å². The SMILES string of the molecule is C=CCC[C@@H](N)c1ccc(C(F)(F)F)cc1. The molecule has 0 saturated heterocycles. The van der Waals surface area contributed by atoms with Crippen LogP contribution in [0.4, 0.5) is 13.2 Å². The lowest BCUT2D eigenvalue weighted by Gasteiger charge is -2.12. The maximum atomic E-state index is 12.3. The number of halogens is 3. The molecule has 0 aliphatic carbocycles. The smallest absolute Gasteiger partial charge is 0.324 e. The van der Waals surface area contributed by atoms with E-state index in [0.717, 1.165) is 24.1 Å². The summed E-state index contributed by atoms with van der Waals surface area (Å²) in [5.41, 5.74) is 5.88. The van der Waals surface area contributed by atoms with Gasteiger partial charge in [-0.3, -0.25) is 0 Å². The van der Waals surface area contributed by atoms with E-state index in [1.165, 1.54) is 12.1 Å². The van der Waals surface area contributed by atoms with Crippen LogP contribution in [-0.4, -0.2) is 0 Å². The molecular weight excluding hydrogens is 215 g/mol. The van der Waals surface area contributed by atoms with Crippen molar-refractivity contribution in [2.75, 3.05) is 0 Å². The van der Waals surface area contributed by atoms with Gasteiger partial charge in [-0.05, 0) is 30.5 Å². The van der Waals surface area contributed by atoms with Gasteiger partial charge in [-0.25, -0.2) is 0 Å². The number of hydrogen-bond acceptors (Lipinski definition) is 1. The second-order valence-electron chi connectivity index (χ2n) is 3.59. The predicted octanol–water partition coefficient (Wildman–Crippen LogP) is 3.67. The summed E-state index contributed by atoms with van der Waals surface area (Å²) in [6.07, 6.45) is -1.11. The van der Waals surface area contributed by atoms with Crippen LogP contribution < -0.4 is 5.73 Å². The fourth-order valence-electron chi connectivity index (χ4n) is 1.38. The molecule has 0 aromatic heterocycles. The molecule has 0 unspecified atom stereocenters. The summed E-state index contributed by atoms with van der Waals surface area (Å²) in [6, 6.07) is 4.74. The summed E-state index contributed by atoms with van der Waals surface area (Å²) in [5.74, 6) is 0. The van der Waals surface area contributed by atoms with E-state index in [9.17, 15) is 13.2 Å². The highest BCUT2D eigenvalue weighted by molar-refractivity contribution is 5.26. The highest BCUT2D eigenvalue weighted by Crippen LogP contribution is 2.30. The van der Waals surface area contributed by atoms with Crippen LogP contribution >= 0.6 is 0 Å². The van der Waals surface area contributed by atoms with E-state index in [4.69, 9.17) is 5.73 Å². The molecule has 1 atom stereocenters. The van der Waals surface area contributed by atoms with Crippen molar-refractivity contribution in [2.45, 2.75) is 25.1 Å². The normalized spacial score (nSPS) is 13.5. The lowest BCUT2D eigenvalue weighted by atomic mass is 10.0. The summed E-state index contributed by atoms with van der Waals surface area (Å²) in [4.78, 5) is 0. The third-order valence-corrected chi connectivity index (χ3v) is 2.35. The Morgan fingerprint density at radius 2 is 1.81 bits per heavy atom. The maximum Gasteiger partial charge on any atom is 0.416 e. The molecule has 16 heavy (non-hydrogen) atoms. The first-order valence-corrected chi connectivity index (χ1v) is 4.99. The van der Waals surface area contributed by atoms with Crippen LogP contribution in [0.15, 0.2) is 36.9 Å². The number of hydrogen-bond donors (Lipinski definition) is 1. The fraction of sp³-hybridized carbons (Fsp3) is 0.333. The van der Waals surface area contributed by atoms with Gasteiger partial charge in [0.05, 0.1) is 5.56 Å². The quantitative estimate of drug-likeness (QED) is 0.783. The molecule has 1 rings (SSSR count). The Balaban J connectivity index is 2.74. The first kappa shape index (κ1) is 12.8. The number of rotatable bonds is 4. The third-order valence-electron chi connectivity index (χ3n) is 2.35. The van der Waals surface area contributed by atoms with Crippen LogP contribution in [0.2, 0.25) is 0 Å². The second-order valence-corrected chi connectivity index (χ2v) is 3.59. The van der Waals surface area contributed by atoms with E-state index in [1.54, 1.807) is 6.08 Å². The average Bonchev–Trinajstić information content (AvgIpc) is 2.25. The zero-order chi connectivity index (χ0) is 12.2. The van der Waals surface area contributed by atoms with Gasteiger partial charge in [-0.15, -0.1) is 6.58 Å². The third kappa shape index (κ3) is 3.38. The highest BCUT2D eigenvalue weighted by atomic mass is 19.4. The molecule has 0 aliphatic rings. The Labute approximate surface area is 92.8 Å². The van der Waals surface area contributed by atoms with Crippen LogP contribution in [0.25, 0.3) is 0 Å². The second kappa shape index (κ2) is 5.16. The zero-order valence-corrected chi connectivity index (χ0v) is 8.80. The van der Waals surface area contributed by atoms with Gasteiger partial charge in [-0.1, -0.05) is 18.2 Å². The molecule has 0 heterocycles. The average molecular weight is 229 g/mol. The van der Waals surface area contributed by atoms with Crippen LogP contribution in [0.1, 0.15) is 30.0 Å². The zero-order valence-electron chi connectivity index (χ0n) is 8.80. The van der Waals surface area contributed by atoms with E-state index in [-0.39, 0.29) is 6.04 Å². The Morgan fingerprint density at radius 1 is 1.25 bits per heavy atom. The molecular formula is C12H14F3N. The Bertz CT molecular complexity index is 340. The van der Waals surface area contributed by atoms with Gasteiger partial charge in [0.1, 0.15) is 0 Å². The lowest BCUT2D eigenvalue weighted by Crippen LogP contribution is -2.11. The summed E-state index contributed by atoms with van der Waals surface area (Å²) >= 11 is 0. The molecule has 0 fully saturated rings. The van der Waals surface area contributed by atoms with E-state index < -0.39 is 11.7 Å². The van der Waals surface area contributed by atoms with E-state index in [1.807, 2.05) is 0 Å². The number of nitrogens with two attached hydrogens (primary N) is 1. The summed E-state index contributed by atoms with van der Waals surface area (Å²) in [5, 5.41) is 0. The van der Waals surface area contributed by atoms with Crippen LogP contribution in [0.5, 0.6) is 0 Å². The minimum atomic E-state index is -4.29. The maximum absolute atomic E-state index is 12.3. The van der Waals surface area contributed by atoms with Crippen molar-refractivity contribution in [2.24, 2.45) is 5.73 Å². The number of benzene rings is 1. The van der Waals surface area contributed by atoms with Gasteiger partial charge in [0.15, 0.2) is 0 Å². The fourth-order valence-corrected chi connectivity index (χ4v) is 1.38. The predicted molar refractivity (Wildman–Crippen MR) is 57.8 cm³/mol. The molecule has 0 amide bonds. The minimum Gasteiger partial charge on any atom is -0.324 e. The molecule has 1 aromatic rings. The van der Waals surface area contributed by atoms with Gasteiger partial charge >= 0.3 is 6.18 Å². The highest BCUT2D eigenvalue weighted by Gasteiger charge is 2.30. The van der Waals surface area contributed by atoms with Crippen LogP contribution in [0, 0.1) is 0 Å². The molecule has 0 spiro atoms. The van der Waals surface area contributed by atoms with Crippen LogP contribution in [-0.2, 0) is 6.18 Å². The molecule has 4 heteroatoms. The molecule has 1 aromatic carbocycles. The first-order chi connectivity index (χ1) is 7.45. The molecule has 0 radical (unpaired) electrons. The van der Waals surface area contributed by atoms with Crippen LogP contribution in [0.3, 0.4) is 0 Å². The number of allylic oxidation sites excluding steroid dienone is 1.